The average molecular weight is 240 g/mol. The van der Waals surface area contributed by atoms with E-state index >= 15 is 0 Å². The number of nitrogens with one attached hydrogen (secondary N) is 1. The number of piperidine rings is 1. The van der Waals surface area contributed by atoms with Crippen LogP contribution in [0, 0.1) is 18.6 Å². The van der Waals surface area contributed by atoms with Gasteiger partial charge in [-0.3, -0.25) is 0 Å². The van der Waals surface area contributed by atoms with Crippen molar-refractivity contribution in [3.05, 3.63) is 29.3 Å². The molecule has 1 fully saturated rings. The van der Waals surface area contributed by atoms with Crippen molar-refractivity contribution in [2.75, 3.05) is 25.0 Å². The fourth-order valence-corrected chi connectivity index (χ4v) is 2.32. The summed E-state index contributed by atoms with van der Waals surface area (Å²) in [5.41, 5.74) is 0.636. The molecule has 1 aliphatic rings. The average Bonchev–Trinajstić information content (AvgIpc) is 2.35. The van der Waals surface area contributed by atoms with Gasteiger partial charge in [0.2, 0.25) is 0 Å². The highest BCUT2D eigenvalue weighted by Gasteiger charge is 2.23. The lowest BCUT2D eigenvalue weighted by molar-refractivity contribution is 0.434. The number of hydrogen-bond acceptors (Lipinski definition) is 2. The van der Waals surface area contributed by atoms with E-state index in [1.165, 1.54) is 12.1 Å². The highest BCUT2D eigenvalue weighted by Crippen LogP contribution is 2.28. The third-order valence-electron chi connectivity index (χ3n) is 3.48. The molecule has 2 nitrogen and oxygen atoms in total. The molecule has 0 atom stereocenters. The normalized spacial score (nSPS) is 17.5. The summed E-state index contributed by atoms with van der Waals surface area (Å²) < 4.78 is 27.6. The van der Waals surface area contributed by atoms with Gasteiger partial charge in [-0.1, -0.05) is 6.07 Å². The van der Waals surface area contributed by atoms with E-state index < -0.39 is 11.6 Å². The van der Waals surface area contributed by atoms with E-state index in [4.69, 9.17) is 0 Å². The minimum absolute atomic E-state index is 0.138. The van der Waals surface area contributed by atoms with Crippen LogP contribution in [0.25, 0.3) is 0 Å². The molecule has 4 heteroatoms. The monoisotopic (exact) mass is 240 g/mol. The molecule has 0 aliphatic carbocycles. The van der Waals surface area contributed by atoms with Gasteiger partial charge in [0.15, 0.2) is 5.82 Å². The summed E-state index contributed by atoms with van der Waals surface area (Å²) in [7, 11) is 1.92. The zero-order chi connectivity index (χ0) is 12.4. The summed E-state index contributed by atoms with van der Waals surface area (Å²) >= 11 is 0. The topological polar surface area (TPSA) is 15.3 Å². The van der Waals surface area contributed by atoms with E-state index in [0.717, 1.165) is 12.8 Å². The van der Waals surface area contributed by atoms with Gasteiger partial charge >= 0.3 is 0 Å². The molecule has 0 radical (unpaired) electrons. The fraction of sp³-hybridized carbons (Fsp3) is 0.538. The summed E-state index contributed by atoms with van der Waals surface area (Å²) in [4.78, 5) is 1.81. The van der Waals surface area contributed by atoms with Crippen LogP contribution in [0.5, 0.6) is 0 Å². The van der Waals surface area contributed by atoms with Crippen molar-refractivity contribution in [1.29, 1.82) is 0 Å². The molecule has 1 heterocycles. The first kappa shape index (κ1) is 12.3. The highest BCUT2D eigenvalue weighted by molar-refractivity contribution is 5.51. The van der Waals surface area contributed by atoms with Crippen LogP contribution in [0.2, 0.25) is 0 Å². The zero-order valence-electron chi connectivity index (χ0n) is 10.3. The van der Waals surface area contributed by atoms with Gasteiger partial charge in [0.1, 0.15) is 11.5 Å². The Labute approximate surface area is 101 Å². The van der Waals surface area contributed by atoms with Crippen molar-refractivity contribution < 1.29 is 8.78 Å². The van der Waals surface area contributed by atoms with Crippen LogP contribution in [-0.4, -0.2) is 26.2 Å². The molecule has 1 aromatic carbocycles. The van der Waals surface area contributed by atoms with E-state index in [-0.39, 0.29) is 5.69 Å². The Hall–Kier alpha value is -1.16. The minimum atomic E-state index is -0.462. The third-order valence-corrected chi connectivity index (χ3v) is 3.48. The molecule has 0 bridgehead atoms. The molecule has 0 unspecified atom stereocenters. The Morgan fingerprint density at radius 1 is 1.24 bits per heavy atom. The highest BCUT2D eigenvalue weighted by atomic mass is 19.1. The second-order valence-electron chi connectivity index (χ2n) is 4.58. The first-order valence-electron chi connectivity index (χ1n) is 6.00. The van der Waals surface area contributed by atoms with Crippen molar-refractivity contribution in [2.24, 2.45) is 0 Å². The summed E-state index contributed by atoms with van der Waals surface area (Å²) in [6.45, 7) is 3.06. The molecule has 0 saturated carbocycles. The molecule has 0 aromatic heterocycles. The summed E-state index contributed by atoms with van der Waals surface area (Å²) in [6, 6.07) is 3.29. The largest absolute Gasteiger partial charge is 0.367 e. The Bertz CT molecular complexity index is 399. The Morgan fingerprint density at radius 2 is 1.88 bits per heavy atom. The maximum atomic E-state index is 13.9. The summed E-state index contributed by atoms with van der Waals surface area (Å²) in [6.07, 6.45) is 1.84. The smallest absolute Gasteiger partial charge is 0.152 e. The van der Waals surface area contributed by atoms with E-state index in [1.54, 1.807) is 6.92 Å². The third kappa shape index (κ3) is 2.41. The quantitative estimate of drug-likeness (QED) is 0.854. The second-order valence-corrected chi connectivity index (χ2v) is 4.58. The van der Waals surface area contributed by atoms with Crippen molar-refractivity contribution in [3.63, 3.8) is 0 Å². The van der Waals surface area contributed by atoms with Crippen LogP contribution in [-0.2, 0) is 0 Å². The van der Waals surface area contributed by atoms with Crippen LogP contribution in [0.3, 0.4) is 0 Å². The summed E-state index contributed by atoms with van der Waals surface area (Å²) in [5, 5.41) is 3.20. The number of nitrogens with zero attached hydrogens (tertiary/aromatic N) is 1. The lowest BCUT2D eigenvalue weighted by atomic mass is 10.0. The van der Waals surface area contributed by atoms with E-state index in [1.807, 2.05) is 11.9 Å². The van der Waals surface area contributed by atoms with Crippen LogP contribution >= 0.6 is 0 Å². The number of rotatable bonds is 2. The van der Waals surface area contributed by atoms with Crippen molar-refractivity contribution in [1.82, 2.24) is 5.32 Å². The standard InChI is InChI=1S/C13H18F2N2/c1-9-3-4-11(14)13(12(9)15)17-7-5-10(16-2)6-8-17/h3-4,10,16H,5-8H2,1-2H3. The first-order chi connectivity index (χ1) is 8.13. The van der Waals surface area contributed by atoms with Crippen LogP contribution in [0.4, 0.5) is 14.5 Å². The van der Waals surface area contributed by atoms with Gasteiger partial charge in [0.25, 0.3) is 0 Å². The predicted octanol–water partition coefficient (Wildman–Crippen LogP) is 2.46. The van der Waals surface area contributed by atoms with Crippen molar-refractivity contribution in [3.8, 4) is 0 Å². The molecule has 0 spiro atoms. The van der Waals surface area contributed by atoms with Gasteiger partial charge in [-0.25, -0.2) is 8.78 Å². The fourth-order valence-electron chi connectivity index (χ4n) is 2.32. The van der Waals surface area contributed by atoms with Crippen LogP contribution < -0.4 is 10.2 Å². The van der Waals surface area contributed by atoms with Crippen molar-refractivity contribution >= 4 is 5.69 Å². The van der Waals surface area contributed by atoms with Gasteiger partial charge in [-0.15, -0.1) is 0 Å². The van der Waals surface area contributed by atoms with Crippen molar-refractivity contribution in [2.45, 2.75) is 25.8 Å². The minimum Gasteiger partial charge on any atom is -0.367 e. The Kier molecular flexibility index (Phi) is 3.62. The molecule has 0 amide bonds. The lowest BCUT2D eigenvalue weighted by Gasteiger charge is -2.34. The number of aryl methyl sites for hydroxylation is 1. The van der Waals surface area contributed by atoms with Gasteiger partial charge in [0.05, 0.1) is 0 Å². The lowest BCUT2D eigenvalue weighted by Crippen LogP contribution is -2.41. The number of anilines is 1. The first-order valence-corrected chi connectivity index (χ1v) is 6.00. The Morgan fingerprint density at radius 3 is 2.47 bits per heavy atom. The molecule has 2 rings (SSSR count). The SMILES string of the molecule is CNC1CCN(c2c(F)ccc(C)c2F)CC1. The second kappa shape index (κ2) is 5.00. The Balaban J connectivity index is 2.21. The van der Waals surface area contributed by atoms with Gasteiger partial charge in [0, 0.05) is 19.1 Å². The number of hydrogen-bond donors (Lipinski definition) is 1. The molecule has 1 N–H and O–H groups in total. The number of halogens is 2. The molecule has 17 heavy (non-hydrogen) atoms. The van der Waals surface area contributed by atoms with Gasteiger partial charge < -0.3 is 10.2 Å². The van der Waals surface area contributed by atoms with Crippen LogP contribution in [0.1, 0.15) is 18.4 Å². The maximum Gasteiger partial charge on any atom is 0.152 e. The van der Waals surface area contributed by atoms with Crippen LogP contribution in [0.15, 0.2) is 12.1 Å². The predicted molar refractivity (Wildman–Crippen MR) is 65.4 cm³/mol. The van der Waals surface area contributed by atoms with E-state index in [2.05, 4.69) is 5.32 Å². The molecule has 1 aromatic rings. The number of benzene rings is 1. The summed E-state index contributed by atoms with van der Waals surface area (Å²) in [5.74, 6) is -0.885. The molecule has 1 aliphatic heterocycles. The van der Waals surface area contributed by atoms with E-state index in [9.17, 15) is 8.78 Å². The van der Waals surface area contributed by atoms with Gasteiger partial charge in [-0.2, -0.15) is 0 Å². The molecular weight excluding hydrogens is 222 g/mol. The van der Waals surface area contributed by atoms with Gasteiger partial charge in [-0.05, 0) is 38.4 Å². The van der Waals surface area contributed by atoms with E-state index in [0.29, 0.717) is 24.7 Å². The molecule has 94 valence electrons. The zero-order valence-corrected chi connectivity index (χ0v) is 10.3. The molecule has 1 saturated heterocycles. The maximum absolute atomic E-state index is 13.9. The molecular formula is C13H18F2N2.